The van der Waals surface area contributed by atoms with Crippen molar-refractivity contribution in [2.45, 2.75) is 17.3 Å². The summed E-state index contributed by atoms with van der Waals surface area (Å²) < 4.78 is 12.4. The van der Waals surface area contributed by atoms with E-state index in [4.69, 9.17) is 14.5 Å². The van der Waals surface area contributed by atoms with Crippen LogP contribution in [0.3, 0.4) is 0 Å². The lowest BCUT2D eigenvalue weighted by Gasteiger charge is -2.14. The van der Waals surface area contributed by atoms with E-state index in [0.29, 0.717) is 16.5 Å². The summed E-state index contributed by atoms with van der Waals surface area (Å²) in [7, 11) is 3.27. The Morgan fingerprint density at radius 1 is 0.700 bits per heavy atom. The molecule has 6 aromatic rings. The normalized spacial score (nSPS) is 12.0. The predicted molar refractivity (Wildman–Crippen MR) is 159 cm³/mol. The number of carbonyl (C=O) groups is 1. The Bertz CT molecular complexity index is 1780. The molecule has 0 spiro atoms. The zero-order chi connectivity index (χ0) is 27.6. The molecule has 40 heavy (non-hydrogen) atoms. The number of hydrogen-bond acceptors (Lipinski definition) is 7. The van der Waals surface area contributed by atoms with Gasteiger partial charge in [0.2, 0.25) is 11.1 Å². The molecule has 0 N–H and O–H groups in total. The number of methoxy groups -OCH3 is 2. The van der Waals surface area contributed by atoms with Crippen LogP contribution in [-0.4, -0.2) is 45.1 Å². The number of ether oxygens (including phenoxy) is 2. The third-order valence-corrected chi connectivity index (χ3v) is 7.76. The molecular weight excluding hydrogens is 520 g/mol. The maximum atomic E-state index is 13.9. The number of para-hydroxylation sites is 2. The fourth-order valence-corrected chi connectivity index (χ4v) is 5.56. The van der Waals surface area contributed by atoms with Crippen molar-refractivity contribution >= 4 is 39.5 Å². The van der Waals surface area contributed by atoms with Crippen molar-refractivity contribution in [2.75, 3.05) is 14.2 Å². The van der Waals surface area contributed by atoms with Crippen molar-refractivity contribution in [1.29, 1.82) is 0 Å². The SMILES string of the molecule is COc1ccc(-c2nnc(SC(C)C(=O)n3c4ccccc4c4ccccc43)nc2-c2ccc(OC)cc2)cc1. The second-order valence-electron chi connectivity index (χ2n) is 9.22. The van der Waals surface area contributed by atoms with E-state index in [9.17, 15) is 4.79 Å². The smallest absolute Gasteiger partial charge is 0.244 e. The first-order valence-electron chi connectivity index (χ1n) is 12.8. The quantitative estimate of drug-likeness (QED) is 0.197. The molecule has 0 aliphatic heterocycles. The molecule has 0 amide bonds. The van der Waals surface area contributed by atoms with Gasteiger partial charge in [0, 0.05) is 21.9 Å². The minimum Gasteiger partial charge on any atom is -0.497 e. The summed E-state index contributed by atoms with van der Waals surface area (Å²) in [5.74, 6) is 1.45. The van der Waals surface area contributed by atoms with Crippen molar-refractivity contribution in [3.8, 4) is 34.0 Å². The third kappa shape index (κ3) is 4.67. The number of thioether (sulfide) groups is 1. The summed E-state index contributed by atoms with van der Waals surface area (Å²) in [5.41, 5.74) is 4.80. The molecule has 6 rings (SSSR count). The summed E-state index contributed by atoms with van der Waals surface area (Å²) in [5, 5.41) is 11.1. The molecule has 0 radical (unpaired) electrons. The van der Waals surface area contributed by atoms with Crippen molar-refractivity contribution < 1.29 is 14.3 Å². The third-order valence-electron chi connectivity index (χ3n) is 6.82. The first-order chi connectivity index (χ1) is 19.6. The van der Waals surface area contributed by atoms with Gasteiger partial charge in [0.05, 0.1) is 30.5 Å². The Morgan fingerprint density at radius 2 is 1.20 bits per heavy atom. The molecule has 8 heteroatoms. The van der Waals surface area contributed by atoms with E-state index in [2.05, 4.69) is 10.2 Å². The molecule has 1 atom stereocenters. The summed E-state index contributed by atoms with van der Waals surface area (Å²) >= 11 is 1.29. The van der Waals surface area contributed by atoms with Gasteiger partial charge in [0.25, 0.3) is 0 Å². The van der Waals surface area contributed by atoms with Crippen LogP contribution >= 0.6 is 11.8 Å². The Morgan fingerprint density at radius 3 is 1.73 bits per heavy atom. The van der Waals surface area contributed by atoms with Crippen molar-refractivity contribution in [1.82, 2.24) is 19.7 Å². The largest absolute Gasteiger partial charge is 0.497 e. The van der Waals surface area contributed by atoms with E-state index >= 15 is 0 Å². The summed E-state index contributed by atoms with van der Waals surface area (Å²) in [6.07, 6.45) is 0. The second-order valence-corrected chi connectivity index (χ2v) is 10.5. The Hall–Kier alpha value is -4.69. The number of carbonyl (C=O) groups excluding carboxylic acids is 1. The highest BCUT2D eigenvalue weighted by Gasteiger charge is 2.24. The van der Waals surface area contributed by atoms with Crippen LogP contribution in [0.15, 0.2) is 102 Å². The zero-order valence-electron chi connectivity index (χ0n) is 22.2. The summed E-state index contributed by atoms with van der Waals surface area (Å²) in [6.45, 7) is 1.88. The molecular formula is C32H26N4O3S. The number of hydrogen-bond donors (Lipinski definition) is 0. The van der Waals surface area contributed by atoms with E-state index in [1.165, 1.54) is 11.8 Å². The zero-order valence-corrected chi connectivity index (χ0v) is 23.1. The monoisotopic (exact) mass is 546 g/mol. The number of nitrogens with zero attached hydrogens (tertiary/aromatic N) is 4. The molecule has 0 aliphatic rings. The minimum absolute atomic E-state index is 0.0452. The van der Waals surface area contributed by atoms with Gasteiger partial charge < -0.3 is 9.47 Å². The van der Waals surface area contributed by atoms with Crippen molar-refractivity contribution in [2.24, 2.45) is 0 Å². The van der Waals surface area contributed by atoms with Gasteiger partial charge in [-0.2, -0.15) is 0 Å². The number of rotatable bonds is 7. The van der Waals surface area contributed by atoms with Gasteiger partial charge in [-0.1, -0.05) is 48.2 Å². The number of fused-ring (bicyclic) bond motifs is 3. The van der Waals surface area contributed by atoms with E-state index in [1.54, 1.807) is 18.8 Å². The highest BCUT2D eigenvalue weighted by Crippen LogP contribution is 2.34. The fraction of sp³-hybridized carbons (Fsp3) is 0.125. The van der Waals surface area contributed by atoms with Crippen LogP contribution in [0.5, 0.6) is 11.5 Å². The van der Waals surface area contributed by atoms with E-state index in [1.807, 2.05) is 104 Å². The maximum Gasteiger partial charge on any atom is 0.244 e. The predicted octanol–water partition coefficient (Wildman–Crippen LogP) is 7.15. The first kappa shape index (κ1) is 25.6. The molecule has 0 saturated heterocycles. The standard InChI is InChI=1S/C32H26N4O3S/c1-20(31(37)36-27-10-6-4-8-25(27)26-9-5-7-11-28(26)36)40-32-33-29(21-12-16-23(38-2)17-13-21)30(34-35-32)22-14-18-24(39-3)19-15-22/h4-20H,1-3H3. The molecule has 0 saturated carbocycles. The minimum atomic E-state index is -0.462. The average molecular weight is 547 g/mol. The van der Waals surface area contributed by atoms with Crippen LogP contribution in [0.1, 0.15) is 11.7 Å². The van der Waals surface area contributed by atoms with Crippen LogP contribution in [0.25, 0.3) is 44.3 Å². The van der Waals surface area contributed by atoms with Crippen LogP contribution in [0.2, 0.25) is 0 Å². The van der Waals surface area contributed by atoms with Crippen molar-refractivity contribution in [3.05, 3.63) is 97.1 Å². The van der Waals surface area contributed by atoms with Crippen LogP contribution in [0.4, 0.5) is 0 Å². The number of benzene rings is 4. The Labute approximate surface area is 235 Å². The van der Waals surface area contributed by atoms with Gasteiger partial charge in [0.15, 0.2) is 0 Å². The molecule has 7 nitrogen and oxygen atoms in total. The lowest BCUT2D eigenvalue weighted by Crippen LogP contribution is -2.21. The molecule has 2 heterocycles. The highest BCUT2D eigenvalue weighted by atomic mass is 32.2. The van der Waals surface area contributed by atoms with Gasteiger partial charge >= 0.3 is 0 Å². The lowest BCUT2D eigenvalue weighted by atomic mass is 10.0. The average Bonchev–Trinajstić information content (AvgIpc) is 3.35. The molecule has 0 fully saturated rings. The Balaban J connectivity index is 1.38. The Kier molecular flexibility index (Phi) is 6.92. The fourth-order valence-electron chi connectivity index (χ4n) is 4.80. The number of aromatic nitrogens is 4. The van der Waals surface area contributed by atoms with Gasteiger partial charge in [-0.25, -0.2) is 4.98 Å². The molecule has 4 aromatic carbocycles. The topological polar surface area (TPSA) is 79.1 Å². The first-order valence-corrected chi connectivity index (χ1v) is 13.7. The van der Waals surface area contributed by atoms with Crippen LogP contribution in [0, 0.1) is 0 Å². The van der Waals surface area contributed by atoms with Gasteiger partial charge in [-0.15, -0.1) is 10.2 Å². The molecule has 0 aliphatic carbocycles. The van der Waals surface area contributed by atoms with Gasteiger partial charge in [0.1, 0.15) is 22.9 Å². The second kappa shape index (κ2) is 10.8. The highest BCUT2D eigenvalue weighted by molar-refractivity contribution is 8.00. The molecule has 2 aromatic heterocycles. The summed E-state index contributed by atoms with van der Waals surface area (Å²) in [6, 6.07) is 31.2. The molecule has 1 unspecified atom stereocenters. The molecule has 198 valence electrons. The van der Waals surface area contributed by atoms with E-state index in [0.717, 1.165) is 44.4 Å². The van der Waals surface area contributed by atoms with Crippen molar-refractivity contribution in [3.63, 3.8) is 0 Å². The van der Waals surface area contributed by atoms with Crippen LogP contribution in [-0.2, 0) is 0 Å². The molecule has 0 bridgehead atoms. The summed E-state index contributed by atoms with van der Waals surface area (Å²) in [4.78, 5) is 18.8. The maximum absolute atomic E-state index is 13.9. The van der Waals surface area contributed by atoms with Gasteiger partial charge in [-0.3, -0.25) is 9.36 Å². The lowest BCUT2D eigenvalue weighted by molar-refractivity contribution is 0.0925. The van der Waals surface area contributed by atoms with Gasteiger partial charge in [-0.05, 0) is 67.6 Å². The van der Waals surface area contributed by atoms with E-state index < -0.39 is 5.25 Å². The van der Waals surface area contributed by atoms with E-state index in [-0.39, 0.29) is 5.91 Å². The van der Waals surface area contributed by atoms with Crippen LogP contribution < -0.4 is 9.47 Å².